The van der Waals surface area contributed by atoms with Crippen LogP contribution in [0.1, 0.15) is 41.0 Å². The number of carbonyl (C=O) groups is 1. The Kier molecular flexibility index (Phi) is 7.61. The number of aryl methyl sites for hydroxylation is 1. The molecule has 0 unspecified atom stereocenters. The van der Waals surface area contributed by atoms with Crippen LogP contribution in [0.2, 0.25) is 5.02 Å². The number of halogens is 2. The van der Waals surface area contributed by atoms with Gasteiger partial charge < -0.3 is 9.88 Å². The number of benzene rings is 3. The van der Waals surface area contributed by atoms with Crippen molar-refractivity contribution in [3.63, 3.8) is 0 Å². The molecular formula is C26H25BrClN3O. The van der Waals surface area contributed by atoms with Crippen molar-refractivity contribution in [2.75, 3.05) is 6.54 Å². The number of nitrogens with one attached hydrogen (secondary N) is 1. The molecule has 0 aliphatic carbocycles. The van der Waals surface area contributed by atoms with Crippen LogP contribution in [0.25, 0.3) is 11.0 Å². The maximum atomic E-state index is 12.2. The maximum Gasteiger partial charge on any atom is 0.251 e. The second-order valence-electron chi connectivity index (χ2n) is 7.81. The van der Waals surface area contributed by atoms with Crippen molar-refractivity contribution in [3.05, 3.63) is 99.2 Å². The van der Waals surface area contributed by atoms with E-state index in [2.05, 4.69) is 68.3 Å². The Balaban J connectivity index is 1.32. The standard InChI is InChI=1S/C26H25BrClN3O/c27-21-14-12-19(13-15-21)18-31-24-10-4-3-9-23(24)30-25(31)11-2-1-5-16-29-26(32)20-7-6-8-22(28)17-20/h3-4,6-10,12-15,17H,1-2,5,11,16,18H2,(H,29,32). The summed E-state index contributed by atoms with van der Waals surface area (Å²) in [4.78, 5) is 17.1. The van der Waals surface area contributed by atoms with Crippen molar-refractivity contribution < 1.29 is 4.79 Å². The summed E-state index contributed by atoms with van der Waals surface area (Å²) >= 11 is 9.47. The van der Waals surface area contributed by atoms with Crippen LogP contribution < -0.4 is 5.32 Å². The van der Waals surface area contributed by atoms with Crippen LogP contribution in [0, 0.1) is 0 Å². The van der Waals surface area contributed by atoms with Gasteiger partial charge in [0.15, 0.2) is 0 Å². The molecule has 0 radical (unpaired) electrons. The zero-order chi connectivity index (χ0) is 22.3. The number of carbonyl (C=O) groups excluding carboxylic acids is 1. The molecule has 1 aromatic heterocycles. The smallest absolute Gasteiger partial charge is 0.251 e. The fraction of sp³-hybridized carbons (Fsp3) is 0.231. The number of hydrogen-bond acceptors (Lipinski definition) is 2. The first-order valence-electron chi connectivity index (χ1n) is 10.8. The molecule has 0 atom stereocenters. The number of amides is 1. The highest BCUT2D eigenvalue weighted by atomic mass is 79.9. The number of unbranched alkanes of at least 4 members (excludes halogenated alkanes) is 2. The SMILES string of the molecule is O=C(NCCCCCc1nc2ccccc2n1Cc1ccc(Br)cc1)c1cccc(Cl)c1. The Morgan fingerprint density at radius 2 is 1.78 bits per heavy atom. The van der Waals surface area contributed by atoms with Crippen LogP contribution in [0.4, 0.5) is 0 Å². The topological polar surface area (TPSA) is 46.9 Å². The van der Waals surface area contributed by atoms with Gasteiger partial charge in [0.25, 0.3) is 5.91 Å². The molecule has 3 aromatic carbocycles. The zero-order valence-electron chi connectivity index (χ0n) is 17.7. The van der Waals surface area contributed by atoms with Crippen LogP contribution in [-0.4, -0.2) is 22.0 Å². The number of nitrogens with zero attached hydrogens (tertiary/aromatic N) is 2. The van der Waals surface area contributed by atoms with Crippen molar-refractivity contribution in [2.24, 2.45) is 0 Å². The molecule has 0 aliphatic heterocycles. The Morgan fingerprint density at radius 1 is 0.969 bits per heavy atom. The molecule has 4 aromatic rings. The van der Waals surface area contributed by atoms with Crippen molar-refractivity contribution in [3.8, 4) is 0 Å². The first-order chi connectivity index (χ1) is 15.6. The molecule has 0 aliphatic rings. The second kappa shape index (κ2) is 10.8. The molecule has 164 valence electrons. The lowest BCUT2D eigenvalue weighted by atomic mass is 10.1. The zero-order valence-corrected chi connectivity index (χ0v) is 20.1. The van der Waals surface area contributed by atoms with E-state index in [1.54, 1.807) is 24.3 Å². The van der Waals surface area contributed by atoms with E-state index in [0.29, 0.717) is 17.1 Å². The lowest BCUT2D eigenvalue weighted by Gasteiger charge is -2.10. The van der Waals surface area contributed by atoms with E-state index in [0.717, 1.165) is 48.0 Å². The summed E-state index contributed by atoms with van der Waals surface area (Å²) < 4.78 is 3.40. The average molecular weight is 511 g/mol. The van der Waals surface area contributed by atoms with Gasteiger partial charge in [-0.05, 0) is 60.9 Å². The molecule has 0 bridgehead atoms. The van der Waals surface area contributed by atoms with E-state index in [1.807, 2.05) is 6.07 Å². The van der Waals surface area contributed by atoms with Crippen LogP contribution >= 0.6 is 27.5 Å². The summed E-state index contributed by atoms with van der Waals surface area (Å²) in [5, 5.41) is 3.55. The summed E-state index contributed by atoms with van der Waals surface area (Å²) in [5.74, 6) is 1.03. The number of aromatic nitrogens is 2. The molecule has 1 heterocycles. The van der Waals surface area contributed by atoms with Gasteiger partial charge >= 0.3 is 0 Å². The summed E-state index contributed by atoms with van der Waals surface area (Å²) in [6.45, 7) is 1.46. The molecule has 1 N–H and O–H groups in total. The fourth-order valence-electron chi connectivity index (χ4n) is 3.78. The maximum absolute atomic E-state index is 12.2. The largest absolute Gasteiger partial charge is 0.352 e. The van der Waals surface area contributed by atoms with E-state index in [-0.39, 0.29) is 5.91 Å². The van der Waals surface area contributed by atoms with Crippen LogP contribution in [0.3, 0.4) is 0 Å². The fourth-order valence-corrected chi connectivity index (χ4v) is 4.24. The summed E-state index contributed by atoms with van der Waals surface area (Å²) in [6.07, 6.45) is 3.89. The van der Waals surface area contributed by atoms with Gasteiger partial charge in [-0.15, -0.1) is 0 Å². The van der Waals surface area contributed by atoms with E-state index in [4.69, 9.17) is 16.6 Å². The van der Waals surface area contributed by atoms with E-state index >= 15 is 0 Å². The first-order valence-corrected chi connectivity index (χ1v) is 12.0. The molecule has 4 nitrogen and oxygen atoms in total. The highest BCUT2D eigenvalue weighted by molar-refractivity contribution is 9.10. The summed E-state index contributed by atoms with van der Waals surface area (Å²) in [5.41, 5.74) is 4.05. The van der Waals surface area contributed by atoms with Gasteiger partial charge in [0.05, 0.1) is 11.0 Å². The minimum atomic E-state index is -0.0798. The average Bonchev–Trinajstić information content (AvgIpc) is 3.14. The van der Waals surface area contributed by atoms with Crippen molar-refractivity contribution >= 4 is 44.5 Å². The summed E-state index contributed by atoms with van der Waals surface area (Å²) in [7, 11) is 0. The van der Waals surface area contributed by atoms with Gasteiger partial charge in [-0.2, -0.15) is 0 Å². The molecule has 32 heavy (non-hydrogen) atoms. The molecule has 0 saturated carbocycles. The third-order valence-electron chi connectivity index (χ3n) is 5.44. The minimum absolute atomic E-state index is 0.0798. The number of fused-ring (bicyclic) bond motifs is 1. The number of para-hydroxylation sites is 2. The Morgan fingerprint density at radius 3 is 2.59 bits per heavy atom. The summed E-state index contributed by atoms with van der Waals surface area (Å²) in [6, 6.07) is 23.8. The predicted octanol–water partition coefficient (Wildman–Crippen LogP) is 6.64. The van der Waals surface area contributed by atoms with Crippen molar-refractivity contribution in [1.29, 1.82) is 0 Å². The van der Waals surface area contributed by atoms with Crippen LogP contribution in [-0.2, 0) is 13.0 Å². The van der Waals surface area contributed by atoms with E-state index in [1.165, 1.54) is 11.1 Å². The van der Waals surface area contributed by atoms with Gasteiger partial charge in [0.2, 0.25) is 0 Å². The molecule has 0 spiro atoms. The third-order valence-corrected chi connectivity index (χ3v) is 6.20. The monoisotopic (exact) mass is 509 g/mol. The van der Waals surface area contributed by atoms with Gasteiger partial charge in [0, 0.05) is 34.6 Å². The lowest BCUT2D eigenvalue weighted by Crippen LogP contribution is -2.24. The van der Waals surface area contributed by atoms with Crippen molar-refractivity contribution in [1.82, 2.24) is 14.9 Å². The molecule has 0 saturated heterocycles. The second-order valence-corrected chi connectivity index (χ2v) is 9.16. The molecular weight excluding hydrogens is 486 g/mol. The quantitative estimate of drug-likeness (QED) is 0.256. The Bertz CT molecular complexity index is 1200. The minimum Gasteiger partial charge on any atom is -0.352 e. The van der Waals surface area contributed by atoms with Gasteiger partial charge in [-0.1, -0.05) is 64.3 Å². The molecule has 0 fully saturated rings. The highest BCUT2D eigenvalue weighted by Gasteiger charge is 2.11. The van der Waals surface area contributed by atoms with Gasteiger partial charge in [-0.3, -0.25) is 4.79 Å². The van der Waals surface area contributed by atoms with E-state index in [9.17, 15) is 4.79 Å². The predicted molar refractivity (Wildman–Crippen MR) is 134 cm³/mol. The Labute approximate surface area is 201 Å². The molecule has 1 amide bonds. The third kappa shape index (κ3) is 5.78. The lowest BCUT2D eigenvalue weighted by molar-refractivity contribution is 0.0953. The van der Waals surface area contributed by atoms with Crippen molar-refractivity contribution in [2.45, 2.75) is 32.2 Å². The number of rotatable bonds is 9. The normalized spacial score (nSPS) is 11.1. The number of hydrogen-bond donors (Lipinski definition) is 1. The number of imidazole rings is 1. The van der Waals surface area contributed by atoms with Crippen LogP contribution in [0.15, 0.2) is 77.3 Å². The van der Waals surface area contributed by atoms with E-state index < -0.39 is 0 Å². The highest BCUT2D eigenvalue weighted by Crippen LogP contribution is 2.20. The van der Waals surface area contributed by atoms with Crippen LogP contribution in [0.5, 0.6) is 0 Å². The van der Waals surface area contributed by atoms with Gasteiger partial charge in [0.1, 0.15) is 5.82 Å². The molecule has 6 heteroatoms. The molecule has 4 rings (SSSR count). The first kappa shape index (κ1) is 22.6. The van der Waals surface area contributed by atoms with Gasteiger partial charge in [-0.25, -0.2) is 4.98 Å². The Hall–Kier alpha value is -2.63.